The molecule has 0 saturated carbocycles. The largest absolute Gasteiger partial charge is 0.305 e. The smallest absolute Gasteiger partial charge is 0.264 e. The molecular formula is C7H8ClN3O2S. The van der Waals surface area contributed by atoms with E-state index in [0.717, 1.165) is 0 Å². The molecule has 0 aliphatic heterocycles. The van der Waals surface area contributed by atoms with Crippen LogP contribution in [0, 0.1) is 0 Å². The van der Waals surface area contributed by atoms with Crippen molar-refractivity contribution in [3.63, 3.8) is 0 Å². The summed E-state index contributed by atoms with van der Waals surface area (Å²) >= 11 is 5.52. The van der Waals surface area contributed by atoms with Crippen molar-refractivity contribution in [3.8, 4) is 0 Å². The van der Waals surface area contributed by atoms with E-state index >= 15 is 0 Å². The van der Waals surface area contributed by atoms with Crippen molar-refractivity contribution < 1.29 is 9.00 Å². The van der Waals surface area contributed by atoms with E-state index in [2.05, 4.69) is 14.3 Å². The monoisotopic (exact) mass is 233 g/mol. The van der Waals surface area contributed by atoms with Crippen LogP contribution in [0.2, 0.25) is 5.15 Å². The van der Waals surface area contributed by atoms with Crippen molar-refractivity contribution >= 4 is 27.2 Å². The van der Waals surface area contributed by atoms with Crippen LogP contribution in [-0.2, 0) is 9.73 Å². The van der Waals surface area contributed by atoms with Crippen molar-refractivity contribution in [1.29, 1.82) is 0 Å². The first-order valence-electron chi connectivity index (χ1n) is 3.57. The van der Waals surface area contributed by atoms with E-state index in [1.807, 2.05) is 0 Å². The molecule has 0 saturated heterocycles. The van der Waals surface area contributed by atoms with Gasteiger partial charge < -0.3 is 0 Å². The van der Waals surface area contributed by atoms with E-state index in [4.69, 9.17) is 11.6 Å². The van der Waals surface area contributed by atoms with E-state index < -0.39 is 15.6 Å². The van der Waals surface area contributed by atoms with Gasteiger partial charge in [-0.15, -0.1) is 0 Å². The number of hydrogen-bond acceptors (Lipinski definition) is 4. The highest BCUT2D eigenvalue weighted by Gasteiger charge is 2.08. The second-order valence-electron chi connectivity index (χ2n) is 2.80. The van der Waals surface area contributed by atoms with Crippen LogP contribution >= 0.6 is 11.6 Å². The Hall–Kier alpha value is -1.01. The summed E-state index contributed by atoms with van der Waals surface area (Å²) < 4.78 is 14.6. The Labute approximate surface area is 86.7 Å². The minimum absolute atomic E-state index is 0.00562. The van der Waals surface area contributed by atoms with Crippen LogP contribution in [0.4, 0.5) is 0 Å². The fraction of sp³-hybridized carbons (Fsp3) is 0.286. The molecule has 5 nitrogen and oxygen atoms in total. The van der Waals surface area contributed by atoms with Crippen LogP contribution in [0.3, 0.4) is 0 Å². The van der Waals surface area contributed by atoms with Gasteiger partial charge in [-0.3, -0.25) is 9.78 Å². The SMILES string of the molecule is CS(C)(=O)=NC(=O)c1cncc(Cl)n1. The summed E-state index contributed by atoms with van der Waals surface area (Å²) in [5, 5.41) is 0.102. The Balaban J connectivity index is 3.09. The first-order valence-corrected chi connectivity index (χ1v) is 6.28. The first-order chi connectivity index (χ1) is 6.38. The lowest BCUT2D eigenvalue weighted by Crippen LogP contribution is -2.03. The lowest BCUT2D eigenvalue weighted by atomic mass is 10.4. The Kier molecular flexibility index (Phi) is 3.17. The molecular weight excluding hydrogens is 226 g/mol. The van der Waals surface area contributed by atoms with Gasteiger partial charge in [0.2, 0.25) is 0 Å². The van der Waals surface area contributed by atoms with Crippen LogP contribution in [0.1, 0.15) is 10.5 Å². The normalized spacial score (nSPS) is 11.1. The van der Waals surface area contributed by atoms with Crippen LogP contribution in [-0.4, -0.2) is 32.6 Å². The van der Waals surface area contributed by atoms with Gasteiger partial charge in [-0.25, -0.2) is 9.19 Å². The zero-order chi connectivity index (χ0) is 10.8. The first kappa shape index (κ1) is 11.1. The van der Waals surface area contributed by atoms with Gasteiger partial charge in [0.25, 0.3) is 0 Å². The van der Waals surface area contributed by atoms with Gasteiger partial charge in [-0.05, 0) is 0 Å². The van der Waals surface area contributed by atoms with Gasteiger partial charge in [0.1, 0.15) is 5.15 Å². The highest BCUT2D eigenvalue weighted by molar-refractivity contribution is 7.92. The van der Waals surface area contributed by atoms with Crippen LogP contribution in [0.15, 0.2) is 16.8 Å². The minimum Gasteiger partial charge on any atom is -0.264 e. The number of amides is 1. The molecule has 14 heavy (non-hydrogen) atoms. The van der Waals surface area contributed by atoms with Crippen molar-refractivity contribution in [2.45, 2.75) is 0 Å². The summed E-state index contributed by atoms with van der Waals surface area (Å²) in [6, 6.07) is 0. The molecule has 1 amide bonds. The predicted octanol–water partition coefficient (Wildman–Crippen LogP) is 0.998. The fourth-order valence-corrected chi connectivity index (χ4v) is 1.33. The molecule has 1 heterocycles. The third kappa shape index (κ3) is 3.39. The molecule has 76 valence electrons. The highest BCUT2D eigenvalue weighted by atomic mass is 35.5. The molecule has 0 atom stereocenters. The second-order valence-corrected chi connectivity index (χ2v) is 5.74. The summed E-state index contributed by atoms with van der Waals surface area (Å²) in [4.78, 5) is 18.7. The number of halogens is 1. The molecule has 0 fully saturated rings. The van der Waals surface area contributed by atoms with Crippen LogP contribution in [0.25, 0.3) is 0 Å². The van der Waals surface area contributed by atoms with E-state index in [0.29, 0.717) is 0 Å². The highest BCUT2D eigenvalue weighted by Crippen LogP contribution is 2.04. The molecule has 0 aliphatic carbocycles. The molecule has 0 spiro atoms. The maximum Gasteiger partial charge on any atom is 0.305 e. The molecule has 0 radical (unpaired) electrons. The van der Waals surface area contributed by atoms with E-state index in [-0.39, 0.29) is 10.8 Å². The standard InChI is InChI=1S/C7H8ClN3O2S/c1-14(2,13)11-7(12)5-3-9-4-6(8)10-5/h3-4H,1-2H3. The third-order valence-electron chi connectivity index (χ3n) is 1.13. The summed E-state index contributed by atoms with van der Waals surface area (Å²) in [6.07, 6.45) is 5.25. The average molecular weight is 234 g/mol. The lowest BCUT2D eigenvalue weighted by Gasteiger charge is -1.95. The zero-order valence-electron chi connectivity index (χ0n) is 7.60. The molecule has 0 N–H and O–H groups in total. The van der Waals surface area contributed by atoms with Crippen molar-refractivity contribution in [1.82, 2.24) is 9.97 Å². The van der Waals surface area contributed by atoms with Crippen molar-refractivity contribution in [3.05, 3.63) is 23.2 Å². The van der Waals surface area contributed by atoms with Gasteiger partial charge >= 0.3 is 5.91 Å². The molecule has 0 aliphatic rings. The number of carbonyl (C=O) groups is 1. The Bertz CT molecular complexity index is 472. The predicted molar refractivity (Wildman–Crippen MR) is 53.8 cm³/mol. The van der Waals surface area contributed by atoms with E-state index in [1.165, 1.54) is 24.9 Å². The van der Waals surface area contributed by atoms with Crippen LogP contribution < -0.4 is 0 Å². The van der Waals surface area contributed by atoms with Gasteiger partial charge in [0.15, 0.2) is 5.69 Å². The second kappa shape index (κ2) is 4.02. The van der Waals surface area contributed by atoms with Crippen molar-refractivity contribution in [2.24, 2.45) is 4.36 Å². The zero-order valence-corrected chi connectivity index (χ0v) is 9.17. The molecule has 1 aromatic rings. The third-order valence-corrected chi connectivity index (χ3v) is 1.91. The van der Waals surface area contributed by atoms with Gasteiger partial charge in [-0.2, -0.15) is 4.36 Å². The molecule has 0 aromatic carbocycles. The fourth-order valence-electron chi connectivity index (χ4n) is 0.692. The average Bonchev–Trinajstić information content (AvgIpc) is 2.01. The quantitative estimate of drug-likeness (QED) is 0.725. The van der Waals surface area contributed by atoms with Gasteiger partial charge in [-0.1, -0.05) is 11.6 Å². The van der Waals surface area contributed by atoms with E-state index in [9.17, 15) is 9.00 Å². The maximum absolute atomic E-state index is 11.3. The number of hydrogen-bond donors (Lipinski definition) is 0. The molecule has 1 aromatic heterocycles. The lowest BCUT2D eigenvalue weighted by molar-refractivity contribution is 0.1000. The molecule has 7 heteroatoms. The summed E-state index contributed by atoms with van der Waals surface area (Å²) in [5.41, 5.74) is -0.00562. The van der Waals surface area contributed by atoms with Gasteiger partial charge in [0.05, 0.1) is 12.4 Å². The summed E-state index contributed by atoms with van der Waals surface area (Å²) in [5.74, 6) is -0.671. The Morgan fingerprint density at radius 1 is 1.50 bits per heavy atom. The molecule has 0 unspecified atom stereocenters. The Morgan fingerprint density at radius 2 is 2.14 bits per heavy atom. The van der Waals surface area contributed by atoms with Crippen LogP contribution in [0.5, 0.6) is 0 Å². The molecule has 1 rings (SSSR count). The number of nitrogens with zero attached hydrogens (tertiary/aromatic N) is 3. The Morgan fingerprint density at radius 3 is 2.64 bits per heavy atom. The maximum atomic E-state index is 11.3. The number of aromatic nitrogens is 2. The van der Waals surface area contributed by atoms with Crippen molar-refractivity contribution in [2.75, 3.05) is 12.5 Å². The van der Waals surface area contributed by atoms with E-state index in [1.54, 1.807) is 0 Å². The summed E-state index contributed by atoms with van der Waals surface area (Å²) in [6.45, 7) is 0. The number of rotatable bonds is 1. The topological polar surface area (TPSA) is 72.3 Å². The van der Waals surface area contributed by atoms with Gasteiger partial charge in [0, 0.05) is 22.2 Å². The molecule has 0 bridgehead atoms. The number of carbonyl (C=O) groups excluding carboxylic acids is 1. The minimum atomic E-state index is -2.47. The summed E-state index contributed by atoms with van der Waals surface area (Å²) in [7, 11) is -2.47.